The van der Waals surface area contributed by atoms with Gasteiger partial charge in [0.1, 0.15) is 11.5 Å². The molecular formula is C30H35NO6S2. The number of aliphatic hydroxyl groups is 1. The van der Waals surface area contributed by atoms with Crippen LogP contribution in [-0.2, 0) is 23.6 Å². The lowest BCUT2D eigenvalue weighted by molar-refractivity contribution is -0.150. The molecule has 0 amide bonds. The molecule has 1 unspecified atom stereocenters. The van der Waals surface area contributed by atoms with Crippen molar-refractivity contribution in [1.82, 2.24) is 4.90 Å². The van der Waals surface area contributed by atoms with Gasteiger partial charge in [-0.25, -0.2) is 9.59 Å². The number of unbranched alkanes of at least 4 members (excludes halogenated alkanes) is 2. The van der Waals surface area contributed by atoms with Gasteiger partial charge in [-0.05, 0) is 56.7 Å². The average molecular weight is 570 g/mol. The highest BCUT2D eigenvalue weighted by Gasteiger charge is 2.69. The Bertz CT molecular complexity index is 1240. The van der Waals surface area contributed by atoms with Crippen LogP contribution in [0.3, 0.4) is 0 Å². The smallest absolute Gasteiger partial charge is 0.441 e. The van der Waals surface area contributed by atoms with Gasteiger partial charge in [0.15, 0.2) is 9.68 Å². The third-order valence-electron chi connectivity index (χ3n) is 7.69. The van der Waals surface area contributed by atoms with E-state index in [-0.39, 0.29) is 0 Å². The molecule has 3 aliphatic heterocycles. The van der Waals surface area contributed by atoms with Crippen molar-refractivity contribution >= 4 is 34.3 Å². The quantitative estimate of drug-likeness (QED) is 0.253. The van der Waals surface area contributed by atoms with Crippen molar-refractivity contribution in [3.05, 3.63) is 59.7 Å². The van der Waals surface area contributed by atoms with Gasteiger partial charge in [-0.3, -0.25) is 4.90 Å². The molecule has 1 spiro atoms. The first kappa shape index (κ1) is 27.9. The van der Waals surface area contributed by atoms with Crippen LogP contribution in [0.2, 0.25) is 0 Å². The van der Waals surface area contributed by atoms with Crippen molar-refractivity contribution in [2.75, 3.05) is 31.1 Å². The fraction of sp³-hybridized carbons (Fsp3) is 0.467. The maximum absolute atomic E-state index is 13.1. The van der Waals surface area contributed by atoms with Gasteiger partial charge in [-0.1, -0.05) is 66.8 Å². The maximum Gasteiger partial charge on any atom is 0.441 e. The number of fused-ring (bicyclic) bond motifs is 2. The molecule has 2 aromatic carbocycles. The van der Waals surface area contributed by atoms with Gasteiger partial charge in [-0.2, -0.15) is 0 Å². The average Bonchev–Trinajstić information content (AvgIpc) is 3.24. The van der Waals surface area contributed by atoms with E-state index in [0.717, 1.165) is 44.6 Å². The third kappa shape index (κ3) is 4.71. The standard InChI is InChI=1S/C30H35NO6S2/c1-3-31(4-2)20-13-7-5-6-12-19-29(38-21-14-22-39(29)36-27(32)28(33)37-39)30(34)23-15-8-10-17-25(23)35-26-18-11-9-16-24(26)30/h8-11,15-18,34H,3-6,12,14,19-22H2,1-2H3. The second kappa shape index (κ2) is 11.5. The number of carbonyl (C=O) groups excluding carboxylic acids is 2. The minimum Gasteiger partial charge on any atom is -0.457 e. The van der Waals surface area contributed by atoms with E-state index in [1.165, 1.54) is 0 Å². The summed E-state index contributed by atoms with van der Waals surface area (Å²) < 4.78 is 17.0. The van der Waals surface area contributed by atoms with Crippen molar-refractivity contribution in [2.45, 2.75) is 55.6 Å². The zero-order valence-electron chi connectivity index (χ0n) is 22.4. The topological polar surface area (TPSA) is 85.3 Å². The molecule has 2 aromatic rings. The van der Waals surface area contributed by atoms with Gasteiger partial charge < -0.3 is 18.2 Å². The maximum atomic E-state index is 13.1. The van der Waals surface area contributed by atoms with Crippen LogP contribution in [0.4, 0.5) is 0 Å². The van der Waals surface area contributed by atoms with E-state index in [1.807, 2.05) is 48.5 Å². The van der Waals surface area contributed by atoms with Gasteiger partial charge in [-0.15, -0.1) is 17.7 Å². The van der Waals surface area contributed by atoms with E-state index in [4.69, 9.17) is 13.1 Å². The number of nitrogens with zero attached hydrogens (tertiary/aromatic N) is 1. The Balaban J connectivity index is 1.55. The SMILES string of the molecule is CCN(CC)CC#CCCCCC1(C2(O)c3ccccc3Oc3ccccc32)SCCCS12OC(=O)C(=O)O2. The number of para-hydroxylation sites is 2. The first-order chi connectivity index (χ1) is 18.9. The van der Waals surface area contributed by atoms with Crippen LogP contribution >= 0.6 is 22.4 Å². The number of hydrogen-bond acceptors (Lipinski definition) is 8. The Hall–Kier alpha value is -2.64. The molecule has 0 aromatic heterocycles. The summed E-state index contributed by atoms with van der Waals surface area (Å²) in [7, 11) is -2.81. The number of ether oxygens (including phenoxy) is 1. The molecule has 2 saturated heterocycles. The number of rotatable bonds is 8. The second-order valence-corrected chi connectivity index (χ2v) is 14.2. The zero-order valence-corrected chi connectivity index (χ0v) is 24.1. The Morgan fingerprint density at radius 2 is 1.56 bits per heavy atom. The highest BCUT2D eigenvalue weighted by molar-refractivity contribution is 8.36. The summed E-state index contributed by atoms with van der Waals surface area (Å²) in [6.07, 6.45) is 3.43. The van der Waals surface area contributed by atoms with Gasteiger partial charge >= 0.3 is 11.9 Å². The van der Waals surface area contributed by atoms with E-state index in [1.54, 1.807) is 11.8 Å². The van der Waals surface area contributed by atoms with E-state index < -0.39 is 32.2 Å². The Morgan fingerprint density at radius 3 is 2.18 bits per heavy atom. The lowest BCUT2D eigenvalue weighted by Gasteiger charge is -2.61. The summed E-state index contributed by atoms with van der Waals surface area (Å²) >= 11 is 1.56. The minimum atomic E-state index is -2.81. The second-order valence-electron chi connectivity index (χ2n) is 9.84. The van der Waals surface area contributed by atoms with E-state index >= 15 is 0 Å². The van der Waals surface area contributed by atoms with Crippen LogP contribution in [0.15, 0.2) is 48.5 Å². The molecule has 39 heavy (non-hydrogen) atoms. The molecule has 208 valence electrons. The van der Waals surface area contributed by atoms with Crippen molar-refractivity contribution in [1.29, 1.82) is 0 Å². The van der Waals surface area contributed by atoms with Crippen LogP contribution in [0.5, 0.6) is 11.5 Å². The highest BCUT2D eigenvalue weighted by Crippen LogP contribution is 2.78. The van der Waals surface area contributed by atoms with Crippen molar-refractivity contribution in [3.8, 4) is 23.3 Å². The predicted octanol–water partition coefficient (Wildman–Crippen LogP) is 5.50. The van der Waals surface area contributed by atoms with Crippen molar-refractivity contribution in [2.24, 2.45) is 0 Å². The monoisotopic (exact) mass is 569 g/mol. The number of hydrogen-bond donors (Lipinski definition) is 1. The lowest BCUT2D eigenvalue weighted by atomic mass is 9.78. The van der Waals surface area contributed by atoms with Crippen LogP contribution in [0.1, 0.15) is 57.1 Å². The summed E-state index contributed by atoms with van der Waals surface area (Å²) in [5.41, 5.74) is -0.455. The molecule has 9 heteroatoms. The minimum absolute atomic E-state index is 0.397. The molecule has 7 nitrogen and oxygen atoms in total. The summed E-state index contributed by atoms with van der Waals surface area (Å²) in [5, 5.41) is 13.1. The first-order valence-electron chi connectivity index (χ1n) is 13.6. The largest absolute Gasteiger partial charge is 0.457 e. The number of carbonyl (C=O) groups is 2. The van der Waals surface area contributed by atoms with Crippen LogP contribution in [-0.4, -0.2) is 57.2 Å². The molecule has 0 aliphatic carbocycles. The van der Waals surface area contributed by atoms with Crippen LogP contribution < -0.4 is 4.74 Å². The predicted molar refractivity (Wildman–Crippen MR) is 154 cm³/mol. The van der Waals surface area contributed by atoms with Crippen molar-refractivity contribution in [3.63, 3.8) is 0 Å². The fourth-order valence-electron chi connectivity index (χ4n) is 5.68. The normalized spacial score (nSPS) is 23.1. The number of thioether (sulfide) groups is 1. The Labute approximate surface area is 236 Å². The van der Waals surface area contributed by atoms with Crippen LogP contribution in [0.25, 0.3) is 0 Å². The first-order valence-corrected chi connectivity index (χ1v) is 16.2. The van der Waals surface area contributed by atoms with E-state index in [2.05, 4.69) is 30.6 Å². The third-order valence-corrected chi connectivity index (χ3v) is 13.4. The van der Waals surface area contributed by atoms with E-state index in [9.17, 15) is 14.7 Å². The van der Waals surface area contributed by atoms with Gasteiger partial charge in [0.2, 0.25) is 0 Å². The molecule has 5 rings (SSSR count). The van der Waals surface area contributed by atoms with Gasteiger partial charge in [0, 0.05) is 17.5 Å². The molecule has 1 atom stereocenters. The molecular weight excluding hydrogens is 534 g/mol. The molecule has 2 fully saturated rings. The molecule has 1 N–H and O–H groups in total. The summed E-state index contributed by atoms with van der Waals surface area (Å²) in [6.45, 7) is 6.95. The van der Waals surface area contributed by atoms with Crippen molar-refractivity contribution < 1.29 is 27.8 Å². The molecule has 3 aliphatic rings. The summed E-state index contributed by atoms with van der Waals surface area (Å²) in [5.74, 6) is 6.81. The molecule has 0 saturated carbocycles. The molecule has 0 radical (unpaired) electrons. The molecule has 0 bridgehead atoms. The van der Waals surface area contributed by atoms with E-state index in [0.29, 0.717) is 41.2 Å². The Kier molecular flexibility index (Phi) is 8.20. The highest BCUT2D eigenvalue weighted by atomic mass is 32.3. The number of benzene rings is 2. The van der Waals surface area contributed by atoms with Crippen LogP contribution in [0, 0.1) is 11.8 Å². The van der Waals surface area contributed by atoms with Gasteiger partial charge in [0.25, 0.3) is 0 Å². The fourth-order valence-corrected chi connectivity index (χ4v) is 11.7. The summed E-state index contributed by atoms with van der Waals surface area (Å²) in [4.78, 5) is 27.4. The Morgan fingerprint density at radius 1 is 0.949 bits per heavy atom. The van der Waals surface area contributed by atoms with Gasteiger partial charge in [0.05, 0.1) is 12.3 Å². The zero-order chi connectivity index (χ0) is 27.5. The molecule has 3 heterocycles. The lowest BCUT2D eigenvalue weighted by Crippen LogP contribution is -2.56. The summed E-state index contributed by atoms with van der Waals surface area (Å²) in [6, 6.07) is 14.8.